The number of nitrogens with zero attached hydrogens (tertiary/aromatic N) is 2. The van der Waals surface area contributed by atoms with Gasteiger partial charge < -0.3 is 4.74 Å². The number of thioether (sulfide) groups is 1. The first-order valence-corrected chi connectivity index (χ1v) is 6.72. The third-order valence-corrected chi connectivity index (χ3v) is 3.56. The summed E-state index contributed by atoms with van der Waals surface area (Å²) >= 11 is 1.34. The molecule has 6 heteroatoms. The second-order valence-corrected chi connectivity index (χ2v) is 5.36. The predicted molar refractivity (Wildman–Crippen MR) is 73.8 cm³/mol. The van der Waals surface area contributed by atoms with Crippen molar-refractivity contribution in [1.29, 1.82) is 0 Å². The third-order valence-electron chi connectivity index (χ3n) is 2.60. The number of aromatic nitrogens is 3. The molecule has 1 unspecified atom stereocenters. The third kappa shape index (κ3) is 3.35. The number of hydrogen-bond acceptors (Lipinski definition) is 5. The van der Waals surface area contributed by atoms with Crippen LogP contribution in [0.2, 0.25) is 0 Å². The van der Waals surface area contributed by atoms with E-state index in [1.807, 2.05) is 13.8 Å². The average Bonchev–Trinajstić information content (AvgIpc) is 2.83. The van der Waals surface area contributed by atoms with Crippen LogP contribution in [0.3, 0.4) is 0 Å². The van der Waals surface area contributed by atoms with E-state index in [4.69, 9.17) is 4.74 Å². The van der Waals surface area contributed by atoms with E-state index in [9.17, 15) is 4.79 Å². The lowest BCUT2D eigenvalue weighted by Gasteiger charge is -2.08. The number of ketones is 1. The van der Waals surface area contributed by atoms with Crippen LogP contribution >= 0.6 is 11.8 Å². The van der Waals surface area contributed by atoms with E-state index in [1.54, 1.807) is 31.4 Å². The Morgan fingerprint density at radius 2 is 2.05 bits per heavy atom. The van der Waals surface area contributed by atoms with Crippen molar-refractivity contribution < 1.29 is 9.53 Å². The van der Waals surface area contributed by atoms with Crippen LogP contribution in [0.1, 0.15) is 23.1 Å². The molecule has 0 spiro atoms. The number of aromatic amines is 1. The van der Waals surface area contributed by atoms with Gasteiger partial charge in [-0.2, -0.15) is 0 Å². The Kier molecular flexibility index (Phi) is 4.21. The van der Waals surface area contributed by atoms with Gasteiger partial charge in [0.1, 0.15) is 11.6 Å². The molecule has 0 saturated heterocycles. The molecule has 0 amide bonds. The summed E-state index contributed by atoms with van der Waals surface area (Å²) in [6.45, 7) is 3.68. The lowest BCUT2D eigenvalue weighted by Crippen LogP contribution is -2.13. The maximum absolute atomic E-state index is 12.2. The molecule has 0 aliphatic carbocycles. The Morgan fingerprint density at radius 3 is 2.58 bits per heavy atom. The molecule has 100 valence electrons. The van der Waals surface area contributed by atoms with E-state index >= 15 is 0 Å². The summed E-state index contributed by atoms with van der Waals surface area (Å²) in [7, 11) is 1.60. The number of aryl methyl sites for hydroxylation is 1. The van der Waals surface area contributed by atoms with Gasteiger partial charge in [0, 0.05) is 5.56 Å². The maximum Gasteiger partial charge on any atom is 0.209 e. The second kappa shape index (κ2) is 5.88. The highest BCUT2D eigenvalue weighted by molar-refractivity contribution is 8.00. The zero-order valence-corrected chi connectivity index (χ0v) is 11.8. The topological polar surface area (TPSA) is 67.9 Å². The van der Waals surface area contributed by atoms with Gasteiger partial charge in [-0.25, -0.2) is 4.98 Å². The van der Waals surface area contributed by atoms with Crippen molar-refractivity contribution >= 4 is 17.5 Å². The minimum atomic E-state index is -0.233. The van der Waals surface area contributed by atoms with Gasteiger partial charge in [-0.3, -0.25) is 9.89 Å². The smallest absolute Gasteiger partial charge is 0.209 e. The highest BCUT2D eigenvalue weighted by Crippen LogP contribution is 2.23. The van der Waals surface area contributed by atoms with Crippen LogP contribution in [-0.2, 0) is 0 Å². The zero-order chi connectivity index (χ0) is 13.8. The van der Waals surface area contributed by atoms with Gasteiger partial charge >= 0.3 is 0 Å². The Labute approximate surface area is 115 Å². The molecule has 0 aliphatic rings. The summed E-state index contributed by atoms with van der Waals surface area (Å²) in [5, 5.41) is 7.13. The van der Waals surface area contributed by atoms with Crippen LogP contribution in [0, 0.1) is 6.92 Å². The van der Waals surface area contributed by atoms with Crippen LogP contribution in [0.5, 0.6) is 5.75 Å². The van der Waals surface area contributed by atoms with Crippen LogP contribution in [0.25, 0.3) is 0 Å². The molecule has 1 N–H and O–H groups in total. The van der Waals surface area contributed by atoms with E-state index in [0.717, 1.165) is 11.6 Å². The number of ether oxygens (including phenoxy) is 1. The van der Waals surface area contributed by atoms with Gasteiger partial charge in [-0.1, -0.05) is 11.8 Å². The molecule has 0 aliphatic heterocycles. The number of rotatable bonds is 5. The maximum atomic E-state index is 12.2. The average molecular weight is 277 g/mol. The number of hydrogen-bond donors (Lipinski definition) is 1. The molecule has 1 aromatic heterocycles. The summed E-state index contributed by atoms with van der Waals surface area (Å²) in [5.41, 5.74) is 0.660. The van der Waals surface area contributed by atoms with Crippen molar-refractivity contribution in [2.75, 3.05) is 7.11 Å². The van der Waals surface area contributed by atoms with Crippen LogP contribution in [-0.4, -0.2) is 33.3 Å². The van der Waals surface area contributed by atoms with Crippen molar-refractivity contribution in [3.63, 3.8) is 0 Å². The van der Waals surface area contributed by atoms with Gasteiger partial charge in [0.2, 0.25) is 5.16 Å². The first kappa shape index (κ1) is 13.6. The van der Waals surface area contributed by atoms with Crippen molar-refractivity contribution in [3.8, 4) is 5.75 Å². The van der Waals surface area contributed by atoms with E-state index in [2.05, 4.69) is 15.2 Å². The van der Waals surface area contributed by atoms with Crippen molar-refractivity contribution in [2.45, 2.75) is 24.3 Å². The van der Waals surface area contributed by atoms with Crippen molar-refractivity contribution in [3.05, 3.63) is 35.7 Å². The number of carbonyl (C=O) groups is 1. The summed E-state index contributed by atoms with van der Waals surface area (Å²) in [4.78, 5) is 16.4. The first-order valence-electron chi connectivity index (χ1n) is 5.84. The van der Waals surface area contributed by atoms with E-state index < -0.39 is 0 Å². The molecule has 0 bridgehead atoms. The molecule has 0 radical (unpaired) electrons. The number of nitrogens with one attached hydrogen (secondary N) is 1. The minimum Gasteiger partial charge on any atom is -0.497 e. The number of methoxy groups -OCH3 is 1. The molecular weight excluding hydrogens is 262 g/mol. The Morgan fingerprint density at radius 1 is 1.37 bits per heavy atom. The van der Waals surface area contributed by atoms with Gasteiger partial charge in [0.05, 0.1) is 12.4 Å². The van der Waals surface area contributed by atoms with Crippen LogP contribution < -0.4 is 4.74 Å². The molecule has 1 aromatic carbocycles. The SMILES string of the molecule is COc1ccc(C(=O)C(C)Sc2n[nH]c(C)n2)cc1. The summed E-state index contributed by atoms with van der Waals surface area (Å²) in [6, 6.07) is 7.09. The Hall–Kier alpha value is -1.82. The zero-order valence-electron chi connectivity index (χ0n) is 11.0. The Bertz CT molecular complexity index is 566. The van der Waals surface area contributed by atoms with E-state index in [0.29, 0.717) is 10.7 Å². The predicted octanol–water partition coefficient (Wildman–Crippen LogP) is 2.49. The van der Waals surface area contributed by atoms with Gasteiger partial charge in [0.15, 0.2) is 5.78 Å². The van der Waals surface area contributed by atoms with Gasteiger partial charge in [-0.15, -0.1) is 5.10 Å². The number of carbonyl (C=O) groups excluding carboxylic acids is 1. The van der Waals surface area contributed by atoms with Crippen molar-refractivity contribution in [1.82, 2.24) is 15.2 Å². The molecule has 2 aromatic rings. The summed E-state index contributed by atoms with van der Waals surface area (Å²) in [5.74, 6) is 1.53. The highest BCUT2D eigenvalue weighted by Gasteiger charge is 2.18. The molecule has 19 heavy (non-hydrogen) atoms. The fourth-order valence-corrected chi connectivity index (χ4v) is 2.42. The first-order chi connectivity index (χ1) is 9.10. The molecule has 0 fully saturated rings. The summed E-state index contributed by atoms with van der Waals surface area (Å²) < 4.78 is 5.07. The second-order valence-electron chi connectivity index (χ2n) is 4.06. The largest absolute Gasteiger partial charge is 0.497 e. The molecule has 1 heterocycles. The monoisotopic (exact) mass is 277 g/mol. The van der Waals surface area contributed by atoms with Crippen molar-refractivity contribution in [2.24, 2.45) is 0 Å². The van der Waals surface area contributed by atoms with Gasteiger partial charge in [0.25, 0.3) is 0 Å². The molecule has 0 saturated carbocycles. The van der Waals surface area contributed by atoms with Crippen LogP contribution in [0.4, 0.5) is 0 Å². The lowest BCUT2D eigenvalue weighted by atomic mass is 10.1. The molecule has 5 nitrogen and oxygen atoms in total. The number of H-pyrrole nitrogens is 1. The number of Topliss-reactive ketones (excluding diaryl/α,β-unsaturated/α-hetero) is 1. The fraction of sp³-hybridized carbons (Fsp3) is 0.308. The lowest BCUT2D eigenvalue weighted by molar-refractivity contribution is 0.0994. The van der Waals surface area contributed by atoms with Gasteiger partial charge in [-0.05, 0) is 38.1 Å². The molecular formula is C13H15N3O2S. The standard InChI is InChI=1S/C13H15N3O2S/c1-8(19-13-14-9(2)15-16-13)12(17)10-4-6-11(18-3)7-5-10/h4-8H,1-3H3,(H,14,15,16). The number of benzene rings is 1. The molecule has 1 atom stereocenters. The normalized spacial score (nSPS) is 12.2. The fourth-order valence-electron chi connectivity index (χ4n) is 1.58. The Balaban J connectivity index is 2.05. The van der Waals surface area contributed by atoms with E-state index in [1.165, 1.54) is 11.8 Å². The quantitative estimate of drug-likeness (QED) is 0.671. The van der Waals surface area contributed by atoms with Crippen LogP contribution in [0.15, 0.2) is 29.4 Å². The van der Waals surface area contributed by atoms with E-state index in [-0.39, 0.29) is 11.0 Å². The minimum absolute atomic E-state index is 0.0510. The highest BCUT2D eigenvalue weighted by atomic mass is 32.2. The summed E-state index contributed by atoms with van der Waals surface area (Å²) in [6.07, 6.45) is 0. The molecule has 2 rings (SSSR count).